The van der Waals surface area contributed by atoms with Crippen molar-refractivity contribution in [3.8, 4) is 0 Å². The van der Waals surface area contributed by atoms with Gasteiger partial charge >= 0.3 is 5.97 Å². The van der Waals surface area contributed by atoms with E-state index in [2.05, 4.69) is 4.74 Å². The number of carbonyl (C=O) groups excluding carboxylic acids is 1. The Balaban J connectivity index is 2.19. The summed E-state index contributed by atoms with van der Waals surface area (Å²) < 4.78 is 9.66. The first-order valence-electron chi connectivity index (χ1n) is 3.70. The van der Waals surface area contributed by atoms with E-state index in [1.54, 1.807) is 13.0 Å². The van der Waals surface area contributed by atoms with Crippen molar-refractivity contribution in [2.75, 3.05) is 6.61 Å². The molecule has 1 heterocycles. The van der Waals surface area contributed by atoms with E-state index in [1.165, 1.54) is 6.26 Å². The Morgan fingerprint density at radius 1 is 1.83 bits per heavy atom. The van der Waals surface area contributed by atoms with Gasteiger partial charge in [-0.05, 0) is 24.7 Å². The zero-order chi connectivity index (χ0) is 8.97. The third-order valence-corrected chi connectivity index (χ3v) is 1.65. The Hall–Kier alpha value is -0.900. The molecule has 0 aromatic carbocycles. The fourth-order valence-electron chi connectivity index (χ4n) is 0.911. The first kappa shape index (κ1) is 9.19. The number of esters is 1. The van der Waals surface area contributed by atoms with E-state index in [0.717, 1.165) is 0 Å². The van der Waals surface area contributed by atoms with Crippen molar-refractivity contribution in [3.05, 3.63) is 12.3 Å². The van der Waals surface area contributed by atoms with E-state index in [4.69, 9.17) is 17.0 Å². The number of rotatable bonds is 3. The lowest BCUT2D eigenvalue weighted by molar-refractivity contribution is -0.139. The van der Waals surface area contributed by atoms with E-state index in [1.807, 2.05) is 0 Å². The molecule has 12 heavy (non-hydrogen) atoms. The number of thiocarbonyl (C=S) groups is 1. The van der Waals surface area contributed by atoms with Crippen LogP contribution in [0.3, 0.4) is 0 Å². The Morgan fingerprint density at radius 3 is 3.08 bits per heavy atom. The molecule has 3 nitrogen and oxygen atoms in total. The lowest BCUT2D eigenvalue weighted by Crippen LogP contribution is -2.11. The molecule has 0 bridgehead atoms. The zero-order valence-electron chi connectivity index (χ0n) is 6.78. The Bertz CT molecular complexity index is 222. The molecule has 1 rings (SSSR count). The highest BCUT2D eigenvalue weighted by Crippen LogP contribution is 2.14. The first-order valence-corrected chi connectivity index (χ1v) is 4.11. The molecule has 1 unspecified atom stereocenters. The highest BCUT2D eigenvalue weighted by atomic mass is 32.1. The highest BCUT2D eigenvalue weighted by molar-refractivity contribution is 7.80. The number of hydrogen-bond donors (Lipinski definition) is 0. The van der Waals surface area contributed by atoms with Gasteiger partial charge in [0.1, 0.15) is 0 Å². The Morgan fingerprint density at radius 2 is 2.58 bits per heavy atom. The third-order valence-electron chi connectivity index (χ3n) is 1.53. The number of ether oxygens (including phenoxy) is 2. The maximum Gasteiger partial charge on any atom is 0.317 e. The summed E-state index contributed by atoms with van der Waals surface area (Å²) in [4.78, 5) is 10.9. The molecule has 0 saturated heterocycles. The summed E-state index contributed by atoms with van der Waals surface area (Å²) in [5.74, 6) is -0.361. The molecule has 0 radical (unpaired) electrons. The molecule has 0 aromatic heterocycles. The summed E-state index contributed by atoms with van der Waals surface area (Å²) in [7, 11) is 0. The monoisotopic (exact) mass is 186 g/mol. The van der Waals surface area contributed by atoms with Crippen LogP contribution in [0.15, 0.2) is 12.3 Å². The number of cyclic esters (lactones) is 1. The molecule has 0 fully saturated rings. The molecular weight excluding hydrogens is 176 g/mol. The van der Waals surface area contributed by atoms with Crippen LogP contribution in [0.25, 0.3) is 0 Å². The Kier molecular flexibility index (Phi) is 3.22. The van der Waals surface area contributed by atoms with Gasteiger partial charge in [-0.2, -0.15) is 0 Å². The van der Waals surface area contributed by atoms with Gasteiger partial charge in [0.05, 0.1) is 18.8 Å². The van der Waals surface area contributed by atoms with Gasteiger partial charge in [-0.25, -0.2) is 0 Å². The van der Waals surface area contributed by atoms with Crippen LogP contribution in [0, 0.1) is 5.92 Å². The predicted octanol–water partition coefficient (Wildman–Crippen LogP) is 1.43. The summed E-state index contributed by atoms with van der Waals surface area (Å²) >= 11 is 4.71. The van der Waals surface area contributed by atoms with E-state index in [9.17, 15) is 4.79 Å². The Labute approximate surface area is 76.3 Å². The first-order chi connectivity index (χ1) is 5.70. The van der Waals surface area contributed by atoms with Crippen molar-refractivity contribution in [2.24, 2.45) is 5.92 Å². The smallest absolute Gasteiger partial charge is 0.317 e. The van der Waals surface area contributed by atoms with Gasteiger partial charge in [0.2, 0.25) is 0 Å². The minimum absolute atomic E-state index is 0.153. The lowest BCUT2D eigenvalue weighted by Gasteiger charge is -2.05. The van der Waals surface area contributed by atoms with E-state index in [-0.39, 0.29) is 11.9 Å². The summed E-state index contributed by atoms with van der Waals surface area (Å²) in [6.45, 7) is 2.18. The summed E-state index contributed by atoms with van der Waals surface area (Å²) in [6, 6.07) is 0. The van der Waals surface area contributed by atoms with Crippen LogP contribution >= 0.6 is 12.2 Å². The molecule has 66 valence electrons. The van der Waals surface area contributed by atoms with E-state index < -0.39 is 0 Å². The van der Waals surface area contributed by atoms with Gasteiger partial charge in [-0.15, -0.1) is 0 Å². The molecule has 0 amide bonds. The molecule has 0 saturated carbocycles. The minimum atomic E-state index is -0.208. The predicted molar refractivity (Wildman–Crippen MR) is 47.6 cm³/mol. The molecule has 0 spiro atoms. The van der Waals surface area contributed by atoms with Crippen LogP contribution in [0.1, 0.15) is 13.3 Å². The molecule has 1 atom stereocenters. The third kappa shape index (κ3) is 2.62. The fraction of sp³-hybridized carbons (Fsp3) is 0.500. The molecule has 4 heteroatoms. The minimum Gasteiger partial charge on any atom is -0.487 e. The molecule has 0 N–H and O–H groups in total. The average molecular weight is 186 g/mol. The van der Waals surface area contributed by atoms with Gasteiger partial charge in [0, 0.05) is 6.92 Å². The van der Waals surface area contributed by atoms with Crippen LogP contribution in [0.5, 0.6) is 0 Å². The zero-order valence-corrected chi connectivity index (χ0v) is 7.60. The van der Waals surface area contributed by atoms with Gasteiger partial charge in [0.15, 0.2) is 5.05 Å². The lowest BCUT2D eigenvalue weighted by atomic mass is 10.1. The van der Waals surface area contributed by atoms with E-state index >= 15 is 0 Å². The van der Waals surface area contributed by atoms with Crippen molar-refractivity contribution in [1.29, 1.82) is 0 Å². The molecule has 1 aliphatic heterocycles. The highest BCUT2D eigenvalue weighted by Gasteiger charge is 2.20. The van der Waals surface area contributed by atoms with Crippen LogP contribution < -0.4 is 0 Å². The average Bonchev–Trinajstić information content (AvgIpc) is 2.36. The summed E-state index contributed by atoms with van der Waals surface area (Å²) in [5, 5.41) is 0.505. The van der Waals surface area contributed by atoms with Crippen LogP contribution in [0.4, 0.5) is 0 Å². The van der Waals surface area contributed by atoms with Crippen molar-refractivity contribution < 1.29 is 14.3 Å². The van der Waals surface area contributed by atoms with Crippen molar-refractivity contribution >= 4 is 23.2 Å². The standard InChI is InChI=1S/C8H10O3S/c1-6(12)10-4-2-7-3-5-11-8(7)9/h3,5,7H,2,4H2,1H3. The van der Waals surface area contributed by atoms with Crippen LogP contribution in [-0.4, -0.2) is 17.6 Å². The van der Waals surface area contributed by atoms with Crippen molar-refractivity contribution in [3.63, 3.8) is 0 Å². The number of carbonyl (C=O) groups is 1. The molecule has 0 aromatic rings. The van der Waals surface area contributed by atoms with Gasteiger partial charge in [0.25, 0.3) is 0 Å². The second-order valence-electron chi connectivity index (χ2n) is 2.50. The molecular formula is C8H10O3S. The topological polar surface area (TPSA) is 35.5 Å². The van der Waals surface area contributed by atoms with Gasteiger partial charge in [-0.3, -0.25) is 4.79 Å². The maximum absolute atomic E-state index is 10.9. The molecule has 1 aliphatic rings. The van der Waals surface area contributed by atoms with E-state index in [0.29, 0.717) is 18.1 Å². The summed E-state index contributed by atoms with van der Waals surface area (Å²) in [6.07, 6.45) is 3.77. The van der Waals surface area contributed by atoms with Crippen molar-refractivity contribution in [2.45, 2.75) is 13.3 Å². The fourth-order valence-corrected chi connectivity index (χ4v) is 0.994. The molecule has 0 aliphatic carbocycles. The van der Waals surface area contributed by atoms with Crippen LogP contribution in [-0.2, 0) is 14.3 Å². The number of hydrogen-bond acceptors (Lipinski definition) is 4. The largest absolute Gasteiger partial charge is 0.487 e. The van der Waals surface area contributed by atoms with Crippen LogP contribution in [0.2, 0.25) is 0 Å². The second-order valence-corrected chi connectivity index (χ2v) is 3.08. The SMILES string of the molecule is CC(=S)OCCC1C=COC1=O. The second kappa shape index (κ2) is 4.21. The normalized spacial score (nSPS) is 20.8. The van der Waals surface area contributed by atoms with Gasteiger partial charge < -0.3 is 9.47 Å². The quantitative estimate of drug-likeness (QED) is 0.493. The van der Waals surface area contributed by atoms with Crippen molar-refractivity contribution in [1.82, 2.24) is 0 Å². The summed E-state index contributed by atoms with van der Waals surface area (Å²) in [5.41, 5.74) is 0. The maximum atomic E-state index is 10.9. The van der Waals surface area contributed by atoms with Gasteiger partial charge in [-0.1, -0.05) is 0 Å².